The van der Waals surface area contributed by atoms with Crippen LogP contribution in [0, 0.1) is 0 Å². The molecule has 0 aliphatic heterocycles. The van der Waals surface area contributed by atoms with Gasteiger partial charge in [0.25, 0.3) is 5.91 Å². The number of aryl methyl sites for hydroxylation is 1. The number of azo groups is 1. The van der Waals surface area contributed by atoms with E-state index in [4.69, 9.17) is 9.88 Å². The molecule has 1 aliphatic rings. The fourth-order valence-electron chi connectivity index (χ4n) is 3.06. The minimum atomic E-state index is -3.85. The predicted molar refractivity (Wildman–Crippen MR) is 114 cm³/mol. The van der Waals surface area contributed by atoms with E-state index in [1.54, 1.807) is 0 Å². The van der Waals surface area contributed by atoms with Crippen LogP contribution >= 0.6 is 11.3 Å². The van der Waals surface area contributed by atoms with Crippen LogP contribution in [-0.2, 0) is 32.4 Å². The number of allylic oxidation sites excluding steroid dienone is 1. The van der Waals surface area contributed by atoms with Gasteiger partial charge in [0.2, 0.25) is 10.0 Å². The number of ether oxygens (including phenoxy) is 1. The number of amides is 1. The number of nitrogens with one attached hydrogen (secondary N) is 1. The van der Waals surface area contributed by atoms with Gasteiger partial charge in [0.05, 0.1) is 23.3 Å². The van der Waals surface area contributed by atoms with Crippen LogP contribution < -0.4 is 10.5 Å². The minimum absolute atomic E-state index is 0.0978. The lowest BCUT2D eigenvalue weighted by Gasteiger charge is -2.07. The van der Waals surface area contributed by atoms with Gasteiger partial charge in [0.15, 0.2) is 5.70 Å². The molecule has 0 fully saturated rings. The first kappa shape index (κ1) is 22.6. The summed E-state index contributed by atoms with van der Waals surface area (Å²) in [5.74, 6) is -1.68. The molecule has 1 aromatic heterocycles. The summed E-state index contributed by atoms with van der Waals surface area (Å²) in [5, 5.41) is 25.5. The summed E-state index contributed by atoms with van der Waals surface area (Å²) in [5.41, 5.74) is 1.07. The zero-order chi connectivity index (χ0) is 22.8. The summed E-state index contributed by atoms with van der Waals surface area (Å²) in [6.45, 7) is 1.27. The van der Waals surface area contributed by atoms with Crippen molar-refractivity contribution in [2.45, 2.75) is 31.1 Å². The van der Waals surface area contributed by atoms with Crippen LogP contribution in [-0.4, -0.2) is 32.5 Å². The van der Waals surface area contributed by atoms with Gasteiger partial charge in [-0.1, -0.05) is 0 Å². The highest BCUT2D eigenvalue weighted by atomic mass is 32.2. The summed E-state index contributed by atoms with van der Waals surface area (Å²) < 4.78 is 27.5. The van der Waals surface area contributed by atoms with Gasteiger partial charge in [-0.15, -0.1) is 16.5 Å². The Morgan fingerprint density at radius 3 is 2.48 bits per heavy atom. The van der Waals surface area contributed by atoms with Crippen LogP contribution in [0.4, 0.5) is 10.7 Å². The third-order valence-corrected chi connectivity index (χ3v) is 6.66. The third kappa shape index (κ3) is 4.98. The van der Waals surface area contributed by atoms with Gasteiger partial charge in [-0.25, -0.2) is 18.4 Å². The fraction of sp³-hybridized carbons (Fsp3) is 0.263. The second-order valence-electron chi connectivity index (χ2n) is 6.68. The van der Waals surface area contributed by atoms with Crippen molar-refractivity contribution in [1.29, 1.82) is 0 Å². The molecule has 1 amide bonds. The van der Waals surface area contributed by atoms with Crippen LogP contribution in [0.3, 0.4) is 0 Å². The quantitative estimate of drug-likeness (QED) is 0.257. The highest BCUT2D eigenvalue weighted by molar-refractivity contribution is 7.89. The first-order valence-electron chi connectivity index (χ1n) is 9.10. The van der Waals surface area contributed by atoms with E-state index in [2.05, 4.69) is 15.5 Å². The number of primary sulfonamides is 1. The fourth-order valence-corrected chi connectivity index (χ4v) is 4.85. The zero-order valence-corrected chi connectivity index (χ0v) is 18.3. The van der Waals surface area contributed by atoms with Gasteiger partial charge in [0.1, 0.15) is 10.8 Å². The number of aliphatic hydroxyl groups is 1. The Bertz CT molecular complexity index is 1190. The van der Waals surface area contributed by atoms with Crippen LogP contribution in [0.1, 0.15) is 34.1 Å². The molecule has 2 aromatic rings. The highest BCUT2D eigenvalue weighted by Gasteiger charge is 2.29. The Labute approximate surface area is 182 Å². The molecule has 4 N–H and O–H groups in total. The molecular weight excluding hydrogens is 444 g/mol. The molecule has 1 aromatic carbocycles. The maximum atomic E-state index is 12.7. The lowest BCUT2D eigenvalue weighted by molar-refractivity contribution is -0.113. The van der Waals surface area contributed by atoms with Gasteiger partial charge < -0.3 is 15.2 Å². The lowest BCUT2D eigenvalue weighted by Crippen LogP contribution is -2.16. The lowest BCUT2D eigenvalue weighted by atomic mass is 10.1. The summed E-state index contributed by atoms with van der Waals surface area (Å²) in [7, 11) is -2.58. The number of hydrogen-bond donors (Lipinski definition) is 3. The van der Waals surface area contributed by atoms with Crippen LogP contribution in [0.5, 0.6) is 0 Å². The average molecular weight is 465 g/mol. The third-order valence-electron chi connectivity index (χ3n) is 4.53. The smallest absolute Gasteiger partial charge is 0.341 e. The number of methoxy groups -OCH3 is 1. The number of nitrogens with zero attached hydrogens (tertiary/aromatic N) is 2. The molecular formula is C19H20N4O6S2. The number of carbonyl (C=O) groups excluding carboxylic acids is 2. The van der Waals surface area contributed by atoms with Crippen molar-refractivity contribution in [2.75, 3.05) is 12.4 Å². The van der Waals surface area contributed by atoms with E-state index in [1.807, 2.05) is 0 Å². The highest BCUT2D eigenvalue weighted by Crippen LogP contribution is 2.39. The van der Waals surface area contributed by atoms with Crippen LogP contribution in [0.15, 0.2) is 50.8 Å². The molecule has 0 spiro atoms. The number of sulfonamides is 1. The number of thiophene rings is 1. The van der Waals surface area contributed by atoms with Gasteiger partial charge >= 0.3 is 5.97 Å². The van der Waals surface area contributed by atoms with Crippen molar-refractivity contribution >= 4 is 43.9 Å². The van der Waals surface area contributed by atoms with Crippen molar-refractivity contribution in [3.63, 3.8) is 0 Å². The second-order valence-corrected chi connectivity index (χ2v) is 9.35. The molecule has 0 unspecified atom stereocenters. The van der Waals surface area contributed by atoms with Crippen molar-refractivity contribution in [1.82, 2.24) is 0 Å². The Balaban J connectivity index is 1.84. The SMILES string of the molecule is COC(=O)c1c(NC(=O)/C(N=Nc2ccc(S(N)(=O)=O)cc2)=C(\C)O)sc2c1CCC2. The second kappa shape index (κ2) is 8.96. The molecule has 0 bridgehead atoms. The predicted octanol–water partition coefficient (Wildman–Crippen LogP) is 3.18. The Morgan fingerprint density at radius 2 is 1.90 bits per heavy atom. The van der Waals surface area contributed by atoms with Crippen LogP contribution in [0.25, 0.3) is 0 Å². The number of carbonyl (C=O) groups is 2. The normalized spacial score (nSPS) is 14.3. The molecule has 1 heterocycles. The number of benzene rings is 1. The molecule has 0 saturated carbocycles. The molecule has 31 heavy (non-hydrogen) atoms. The summed E-state index contributed by atoms with van der Waals surface area (Å²) in [4.78, 5) is 25.9. The number of aliphatic hydroxyl groups excluding tert-OH is 1. The average Bonchev–Trinajstić information content (AvgIpc) is 3.27. The molecule has 10 nitrogen and oxygen atoms in total. The van der Waals surface area contributed by atoms with Crippen LogP contribution in [0.2, 0.25) is 0 Å². The molecule has 164 valence electrons. The van der Waals surface area contributed by atoms with Gasteiger partial charge in [-0.2, -0.15) is 5.11 Å². The van der Waals surface area contributed by atoms with Gasteiger partial charge in [0, 0.05) is 4.88 Å². The van der Waals surface area contributed by atoms with Crippen molar-refractivity contribution in [2.24, 2.45) is 15.4 Å². The maximum Gasteiger partial charge on any atom is 0.341 e. The van der Waals surface area contributed by atoms with E-state index in [-0.39, 0.29) is 22.0 Å². The summed E-state index contributed by atoms with van der Waals surface area (Å²) in [6.07, 6.45) is 2.47. The van der Waals surface area contributed by atoms with E-state index in [0.29, 0.717) is 10.6 Å². The van der Waals surface area contributed by atoms with E-state index >= 15 is 0 Å². The first-order chi connectivity index (χ1) is 14.6. The number of fused-ring (bicyclic) bond motifs is 1. The number of rotatable bonds is 6. The monoisotopic (exact) mass is 464 g/mol. The summed E-state index contributed by atoms with van der Waals surface area (Å²) in [6, 6.07) is 5.19. The summed E-state index contributed by atoms with van der Waals surface area (Å²) >= 11 is 1.29. The molecule has 0 saturated heterocycles. The maximum absolute atomic E-state index is 12.7. The van der Waals surface area contributed by atoms with E-state index in [1.165, 1.54) is 49.6 Å². The minimum Gasteiger partial charge on any atom is -0.510 e. The standard InChI is InChI=1S/C19H20N4O6S2/c1-10(24)16(23-22-11-6-8-12(9-7-11)31(20,27)28)17(25)21-18-15(19(26)29-2)13-4-3-5-14(13)30-18/h6-9,24H,3-5H2,1-2H3,(H,21,25)(H2,20,27,28)/b16-10-,23-22?. The van der Waals surface area contributed by atoms with Crippen molar-refractivity contribution in [3.8, 4) is 0 Å². The topological polar surface area (TPSA) is 161 Å². The molecule has 3 rings (SSSR count). The van der Waals surface area contributed by atoms with Crippen molar-refractivity contribution in [3.05, 3.63) is 51.7 Å². The molecule has 0 radical (unpaired) electrons. The molecule has 12 heteroatoms. The Kier molecular flexibility index (Phi) is 6.53. The molecule has 1 aliphatic carbocycles. The van der Waals surface area contributed by atoms with Gasteiger partial charge in [-0.3, -0.25) is 4.79 Å². The first-order valence-corrected chi connectivity index (χ1v) is 11.5. The van der Waals surface area contributed by atoms with E-state index < -0.39 is 21.9 Å². The number of esters is 1. The van der Waals surface area contributed by atoms with E-state index in [0.717, 1.165) is 29.7 Å². The zero-order valence-electron chi connectivity index (χ0n) is 16.7. The Morgan fingerprint density at radius 1 is 1.23 bits per heavy atom. The number of hydrogen-bond acceptors (Lipinski definition) is 9. The Hall–Kier alpha value is -3.09. The van der Waals surface area contributed by atoms with E-state index in [9.17, 15) is 23.1 Å². The number of nitrogens with two attached hydrogens (primary N) is 1. The van der Waals surface area contributed by atoms with Gasteiger partial charge in [-0.05, 0) is 56.0 Å². The largest absolute Gasteiger partial charge is 0.510 e. The van der Waals surface area contributed by atoms with Crippen molar-refractivity contribution < 1.29 is 27.9 Å². The molecule has 0 atom stereocenters. The number of anilines is 1.